The van der Waals surface area contributed by atoms with Crippen LogP contribution in [-0.2, 0) is 0 Å². The Kier molecular flexibility index (Phi) is 2.84. The largest absolute Gasteiger partial charge is 0.573 e. The van der Waals surface area contributed by atoms with Crippen molar-refractivity contribution in [2.45, 2.75) is 6.36 Å². The van der Waals surface area contributed by atoms with E-state index in [9.17, 15) is 13.2 Å². The maximum Gasteiger partial charge on any atom is 0.573 e. The molecule has 0 amide bonds. The molecule has 0 aliphatic heterocycles. The lowest BCUT2D eigenvalue weighted by Gasteiger charge is -2.09. The summed E-state index contributed by atoms with van der Waals surface area (Å²) in [6.07, 6.45) is -3.91. The van der Waals surface area contributed by atoms with Crippen LogP contribution in [-0.4, -0.2) is 16.5 Å². The lowest BCUT2D eigenvalue weighted by Crippen LogP contribution is -2.17. The highest BCUT2D eigenvalue weighted by Crippen LogP contribution is 2.31. The topological polar surface area (TPSA) is 42.4 Å². The van der Waals surface area contributed by atoms with Gasteiger partial charge in [-0.2, -0.15) is 0 Å². The van der Waals surface area contributed by atoms with Gasteiger partial charge in [-0.05, 0) is 22.6 Å². The SMILES string of the molecule is Oc1cnc(I)cc1OC(F)(F)F. The summed E-state index contributed by atoms with van der Waals surface area (Å²) in [7, 11) is 0. The van der Waals surface area contributed by atoms with Gasteiger partial charge in [0.2, 0.25) is 0 Å². The first-order chi connectivity index (χ1) is 5.88. The highest BCUT2D eigenvalue weighted by Gasteiger charge is 2.32. The van der Waals surface area contributed by atoms with Crippen LogP contribution >= 0.6 is 22.6 Å². The fourth-order valence-electron chi connectivity index (χ4n) is 0.612. The first-order valence-electron chi connectivity index (χ1n) is 2.99. The molecule has 0 spiro atoms. The molecular formula is C6H3F3INO2. The molecule has 0 bridgehead atoms. The van der Waals surface area contributed by atoms with Crippen LogP contribution in [0.5, 0.6) is 11.5 Å². The van der Waals surface area contributed by atoms with Gasteiger partial charge in [0, 0.05) is 6.07 Å². The third kappa shape index (κ3) is 3.25. The summed E-state index contributed by atoms with van der Waals surface area (Å²) in [6.45, 7) is 0. The van der Waals surface area contributed by atoms with Crippen molar-refractivity contribution >= 4 is 22.6 Å². The van der Waals surface area contributed by atoms with Gasteiger partial charge in [-0.25, -0.2) is 4.98 Å². The van der Waals surface area contributed by atoms with E-state index in [1.807, 2.05) is 0 Å². The van der Waals surface area contributed by atoms with E-state index >= 15 is 0 Å². The average Bonchev–Trinajstić information content (AvgIpc) is 1.94. The summed E-state index contributed by atoms with van der Waals surface area (Å²) in [4.78, 5) is 3.56. The number of aromatic nitrogens is 1. The number of rotatable bonds is 1. The van der Waals surface area contributed by atoms with Crippen LogP contribution in [0.25, 0.3) is 0 Å². The number of halogens is 4. The van der Waals surface area contributed by atoms with Crippen LogP contribution in [0.4, 0.5) is 13.2 Å². The Balaban J connectivity index is 2.94. The first kappa shape index (κ1) is 10.4. The molecule has 13 heavy (non-hydrogen) atoms. The van der Waals surface area contributed by atoms with Crippen molar-refractivity contribution in [3.63, 3.8) is 0 Å². The lowest BCUT2D eigenvalue weighted by molar-refractivity contribution is -0.275. The molecule has 1 aromatic rings. The number of alkyl halides is 3. The highest BCUT2D eigenvalue weighted by molar-refractivity contribution is 14.1. The number of hydrogen-bond acceptors (Lipinski definition) is 3. The molecule has 1 N–H and O–H groups in total. The smallest absolute Gasteiger partial charge is 0.503 e. The second-order valence-electron chi connectivity index (χ2n) is 2.02. The van der Waals surface area contributed by atoms with Gasteiger partial charge in [-0.1, -0.05) is 0 Å². The summed E-state index contributed by atoms with van der Waals surface area (Å²) in [6, 6.07) is 0.989. The molecule has 0 saturated heterocycles. The standard InChI is InChI=1S/C6H3F3INO2/c7-6(8,9)13-4-1-5(10)11-2-3(4)12/h1-2,12H. The van der Waals surface area contributed by atoms with E-state index in [0.717, 1.165) is 12.3 Å². The van der Waals surface area contributed by atoms with Crippen molar-refractivity contribution in [1.29, 1.82) is 0 Å². The molecular weight excluding hydrogens is 302 g/mol. The molecule has 72 valence electrons. The van der Waals surface area contributed by atoms with Crippen LogP contribution < -0.4 is 4.74 Å². The fourth-order valence-corrected chi connectivity index (χ4v) is 1.03. The van der Waals surface area contributed by atoms with Crippen LogP contribution in [0.3, 0.4) is 0 Å². The van der Waals surface area contributed by atoms with Gasteiger partial charge in [0.1, 0.15) is 3.70 Å². The van der Waals surface area contributed by atoms with Crippen molar-refractivity contribution in [2.24, 2.45) is 0 Å². The molecule has 0 aliphatic rings. The second-order valence-corrected chi connectivity index (χ2v) is 3.13. The second kappa shape index (κ2) is 3.56. The molecule has 3 nitrogen and oxygen atoms in total. The van der Waals surface area contributed by atoms with Gasteiger partial charge in [-0.15, -0.1) is 13.2 Å². The number of nitrogens with zero attached hydrogens (tertiary/aromatic N) is 1. The zero-order valence-corrected chi connectivity index (χ0v) is 8.13. The maximum absolute atomic E-state index is 11.7. The molecule has 0 radical (unpaired) electrons. The van der Waals surface area contributed by atoms with Gasteiger partial charge in [-0.3, -0.25) is 0 Å². The molecule has 0 aromatic carbocycles. The van der Waals surface area contributed by atoms with E-state index in [1.54, 1.807) is 22.6 Å². The molecule has 0 saturated carbocycles. The maximum atomic E-state index is 11.7. The van der Waals surface area contributed by atoms with E-state index in [1.165, 1.54) is 0 Å². The van der Waals surface area contributed by atoms with E-state index in [-0.39, 0.29) is 0 Å². The van der Waals surface area contributed by atoms with Crippen LogP contribution in [0.1, 0.15) is 0 Å². The Morgan fingerprint density at radius 1 is 1.46 bits per heavy atom. The third-order valence-electron chi connectivity index (χ3n) is 1.04. The minimum absolute atomic E-state index is 0.301. The highest BCUT2D eigenvalue weighted by atomic mass is 127. The summed E-state index contributed by atoms with van der Waals surface area (Å²) < 4.78 is 38.9. The predicted molar refractivity (Wildman–Crippen MR) is 45.3 cm³/mol. The van der Waals surface area contributed by atoms with Crippen molar-refractivity contribution in [3.05, 3.63) is 16.0 Å². The zero-order chi connectivity index (χ0) is 10.1. The van der Waals surface area contributed by atoms with Crippen molar-refractivity contribution in [3.8, 4) is 11.5 Å². The number of pyridine rings is 1. The minimum atomic E-state index is -4.80. The van der Waals surface area contributed by atoms with Gasteiger partial charge in [0.15, 0.2) is 11.5 Å². The summed E-state index contributed by atoms with van der Waals surface area (Å²) in [5.41, 5.74) is 0. The van der Waals surface area contributed by atoms with E-state index in [2.05, 4.69) is 9.72 Å². The quantitative estimate of drug-likeness (QED) is 0.639. The molecule has 1 rings (SSSR count). The van der Waals surface area contributed by atoms with Crippen LogP contribution in [0.15, 0.2) is 12.3 Å². The number of ether oxygens (including phenoxy) is 1. The van der Waals surface area contributed by atoms with Gasteiger partial charge >= 0.3 is 6.36 Å². The fraction of sp³-hybridized carbons (Fsp3) is 0.167. The molecule has 0 aliphatic carbocycles. The lowest BCUT2D eigenvalue weighted by atomic mass is 10.4. The molecule has 0 unspecified atom stereocenters. The van der Waals surface area contributed by atoms with E-state index in [4.69, 9.17) is 5.11 Å². The molecule has 0 atom stereocenters. The molecule has 1 aromatic heterocycles. The summed E-state index contributed by atoms with van der Waals surface area (Å²) in [5.74, 6) is -1.29. The van der Waals surface area contributed by atoms with Crippen molar-refractivity contribution < 1.29 is 23.0 Å². The zero-order valence-electron chi connectivity index (χ0n) is 5.97. The van der Waals surface area contributed by atoms with Crippen molar-refractivity contribution in [1.82, 2.24) is 4.98 Å². The monoisotopic (exact) mass is 305 g/mol. The van der Waals surface area contributed by atoms with Gasteiger partial charge in [0.25, 0.3) is 0 Å². The molecule has 7 heteroatoms. The summed E-state index contributed by atoms with van der Waals surface area (Å²) in [5, 5.41) is 8.91. The van der Waals surface area contributed by atoms with Crippen LogP contribution in [0, 0.1) is 3.70 Å². The predicted octanol–water partition coefficient (Wildman–Crippen LogP) is 2.29. The number of hydrogen-bond donors (Lipinski definition) is 1. The van der Waals surface area contributed by atoms with Crippen LogP contribution in [0.2, 0.25) is 0 Å². The first-order valence-corrected chi connectivity index (χ1v) is 4.06. The van der Waals surface area contributed by atoms with Gasteiger partial charge < -0.3 is 9.84 Å². The Morgan fingerprint density at radius 2 is 2.08 bits per heavy atom. The van der Waals surface area contributed by atoms with Crippen molar-refractivity contribution in [2.75, 3.05) is 0 Å². The average molecular weight is 305 g/mol. The minimum Gasteiger partial charge on any atom is -0.503 e. The Bertz CT molecular complexity index is 315. The molecule has 1 heterocycles. The Labute approximate surface area is 84.7 Å². The Morgan fingerprint density at radius 3 is 2.62 bits per heavy atom. The van der Waals surface area contributed by atoms with E-state index in [0.29, 0.717) is 3.70 Å². The summed E-state index contributed by atoms with van der Waals surface area (Å²) >= 11 is 1.70. The Hall–Kier alpha value is -0.730. The molecule has 0 fully saturated rings. The van der Waals surface area contributed by atoms with E-state index < -0.39 is 17.9 Å². The number of aromatic hydroxyl groups is 1. The third-order valence-corrected chi connectivity index (χ3v) is 1.63. The van der Waals surface area contributed by atoms with Gasteiger partial charge in [0.05, 0.1) is 6.20 Å². The normalized spacial score (nSPS) is 11.4.